The van der Waals surface area contributed by atoms with E-state index in [0.717, 1.165) is 12.1 Å². The molecule has 20 heavy (non-hydrogen) atoms. The van der Waals surface area contributed by atoms with Gasteiger partial charge in [-0.15, -0.1) is 0 Å². The van der Waals surface area contributed by atoms with Crippen molar-refractivity contribution in [2.75, 3.05) is 13.7 Å². The van der Waals surface area contributed by atoms with Crippen molar-refractivity contribution in [2.45, 2.75) is 17.9 Å². The van der Waals surface area contributed by atoms with Crippen LogP contribution in [0.1, 0.15) is 17.3 Å². The van der Waals surface area contributed by atoms with Gasteiger partial charge in [-0.05, 0) is 19.1 Å². The second-order valence-electron chi connectivity index (χ2n) is 3.88. The Labute approximate surface area is 131 Å². The molecule has 0 aliphatic rings. The van der Waals surface area contributed by atoms with E-state index in [-0.39, 0.29) is 27.1 Å². The first kappa shape index (κ1) is 17.5. The first-order valence-electron chi connectivity index (χ1n) is 5.30. The van der Waals surface area contributed by atoms with Crippen molar-refractivity contribution in [3.05, 3.63) is 27.7 Å². The zero-order valence-electron chi connectivity index (χ0n) is 10.5. The third-order valence-corrected chi connectivity index (χ3v) is 4.35. The highest BCUT2D eigenvalue weighted by molar-refractivity contribution is 8.13. The SMILES string of the molecule is COCC(C)OC(=O)c1cc(S(=O)(=O)Cl)cc(Cl)c1Cl. The number of esters is 1. The molecule has 0 spiro atoms. The molecule has 0 saturated carbocycles. The van der Waals surface area contributed by atoms with E-state index in [1.165, 1.54) is 7.11 Å². The average Bonchev–Trinajstić information content (AvgIpc) is 2.31. The number of carbonyl (C=O) groups is 1. The number of rotatable bonds is 5. The van der Waals surface area contributed by atoms with E-state index in [9.17, 15) is 13.2 Å². The Bertz CT molecular complexity index is 615. The number of carbonyl (C=O) groups excluding carboxylic acids is 1. The largest absolute Gasteiger partial charge is 0.457 e. The van der Waals surface area contributed by atoms with Gasteiger partial charge in [-0.25, -0.2) is 13.2 Å². The van der Waals surface area contributed by atoms with Crippen LogP contribution in [-0.2, 0) is 18.5 Å². The third kappa shape index (κ3) is 4.49. The Morgan fingerprint density at radius 2 is 1.95 bits per heavy atom. The summed E-state index contributed by atoms with van der Waals surface area (Å²) < 4.78 is 32.4. The summed E-state index contributed by atoms with van der Waals surface area (Å²) in [4.78, 5) is 11.6. The Kier molecular flexibility index (Phi) is 6.09. The van der Waals surface area contributed by atoms with Crippen molar-refractivity contribution < 1.29 is 22.7 Å². The van der Waals surface area contributed by atoms with Crippen LogP contribution >= 0.6 is 33.9 Å². The first-order valence-corrected chi connectivity index (χ1v) is 8.37. The molecule has 0 radical (unpaired) electrons. The van der Waals surface area contributed by atoms with Gasteiger partial charge in [0.15, 0.2) is 0 Å². The molecule has 0 saturated heterocycles. The lowest BCUT2D eigenvalue weighted by Crippen LogP contribution is -2.20. The summed E-state index contributed by atoms with van der Waals surface area (Å²) in [5.41, 5.74) is -0.179. The van der Waals surface area contributed by atoms with Gasteiger partial charge < -0.3 is 9.47 Å². The first-order chi connectivity index (χ1) is 9.16. The zero-order valence-corrected chi connectivity index (χ0v) is 13.6. The zero-order chi connectivity index (χ0) is 15.5. The fourth-order valence-electron chi connectivity index (χ4n) is 1.37. The van der Waals surface area contributed by atoms with E-state index in [1.807, 2.05) is 0 Å². The van der Waals surface area contributed by atoms with Crippen LogP contribution < -0.4 is 0 Å². The Morgan fingerprint density at radius 3 is 2.45 bits per heavy atom. The van der Waals surface area contributed by atoms with E-state index in [4.69, 9.17) is 43.4 Å². The summed E-state index contributed by atoms with van der Waals surface area (Å²) in [7, 11) is 2.63. The molecular formula is C11H11Cl3O5S. The number of ether oxygens (including phenoxy) is 2. The minimum absolute atomic E-state index is 0.106. The molecule has 1 aromatic carbocycles. The molecule has 0 amide bonds. The summed E-state index contributed by atoms with van der Waals surface area (Å²) in [6.07, 6.45) is -0.529. The molecule has 5 nitrogen and oxygen atoms in total. The molecule has 0 fully saturated rings. The maximum Gasteiger partial charge on any atom is 0.340 e. The molecule has 0 aromatic heterocycles. The molecular weight excluding hydrogens is 351 g/mol. The lowest BCUT2D eigenvalue weighted by atomic mass is 10.2. The van der Waals surface area contributed by atoms with Gasteiger partial charge in [-0.2, -0.15) is 0 Å². The quantitative estimate of drug-likeness (QED) is 0.595. The lowest BCUT2D eigenvalue weighted by Gasteiger charge is -2.13. The molecule has 1 unspecified atom stereocenters. The molecule has 0 N–H and O–H groups in total. The molecule has 1 rings (SSSR count). The summed E-state index contributed by atoms with van der Waals surface area (Å²) in [6.45, 7) is 1.80. The van der Waals surface area contributed by atoms with Crippen molar-refractivity contribution in [1.29, 1.82) is 0 Å². The highest BCUT2D eigenvalue weighted by Crippen LogP contribution is 2.31. The molecule has 1 atom stereocenters. The second kappa shape index (κ2) is 6.95. The maximum atomic E-state index is 11.9. The number of hydrogen-bond acceptors (Lipinski definition) is 5. The van der Waals surface area contributed by atoms with Crippen molar-refractivity contribution in [1.82, 2.24) is 0 Å². The lowest BCUT2D eigenvalue weighted by molar-refractivity contribution is 0.0120. The Hall–Kier alpha value is -0.530. The van der Waals surface area contributed by atoms with Gasteiger partial charge in [0.25, 0.3) is 9.05 Å². The van der Waals surface area contributed by atoms with Crippen LogP contribution in [0.25, 0.3) is 0 Å². The predicted octanol–water partition coefficient (Wildman–Crippen LogP) is 3.11. The number of hydrogen-bond donors (Lipinski definition) is 0. The van der Waals surface area contributed by atoms with E-state index < -0.39 is 21.1 Å². The van der Waals surface area contributed by atoms with Crippen LogP contribution in [0.2, 0.25) is 10.0 Å². The van der Waals surface area contributed by atoms with Crippen molar-refractivity contribution in [2.24, 2.45) is 0 Å². The van der Waals surface area contributed by atoms with Crippen molar-refractivity contribution >= 4 is 48.9 Å². The van der Waals surface area contributed by atoms with Gasteiger partial charge in [0.1, 0.15) is 6.10 Å². The van der Waals surface area contributed by atoms with Crippen LogP contribution in [0.3, 0.4) is 0 Å². The van der Waals surface area contributed by atoms with Crippen LogP contribution in [0.5, 0.6) is 0 Å². The van der Waals surface area contributed by atoms with E-state index >= 15 is 0 Å². The number of halogens is 3. The summed E-state index contributed by atoms with van der Waals surface area (Å²) in [5, 5.41) is -0.218. The minimum atomic E-state index is -4.04. The van der Waals surface area contributed by atoms with Crippen LogP contribution in [0, 0.1) is 0 Å². The monoisotopic (exact) mass is 360 g/mol. The smallest absolute Gasteiger partial charge is 0.340 e. The second-order valence-corrected chi connectivity index (χ2v) is 7.23. The standard InChI is InChI=1S/C11H11Cl3O5S/c1-6(5-18-2)19-11(15)8-3-7(20(14,16)17)4-9(12)10(8)13/h3-4,6H,5H2,1-2H3. The molecule has 0 heterocycles. The topological polar surface area (TPSA) is 69.7 Å². The maximum absolute atomic E-state index is 11.9. The number of benzene rings is 1. The van der Waals surface area contributed by atoms with Gasteiger partial charge >= 0.3 is 5.97 Å². The Morgan fingerprint density at radius 1 is 1.35 bits per heavy atom. The normalized spacial score (nSPS) is 13.1. The van der Waals surface area contributed by atoms with E-state index in [2.05, 4.69) is 0 Å². The predicted molar refractivity (Wildman–Crippen MR) is 76.3 cm³/mol. The molecule has 112 valence electrons. The van der Waals surface area contributed by atoms with Crippen LogP contribution in [0.15, 0.2) is 17.0 Å². The molecule has 0 aliphatic heterocycles. The van der Waals surface area contributed by atoms with Crippen molar-refractivity contribution in [3.8, 4) is 0 Å². The summed E-state index contributed by atoms with van der Waals surface area (Å²) in [5.74, 6) is -0.816. The van der Waals surface area contributed by atoms with Gasteiger partial charge in [0.2, 0.25) is 0 Å². The molecule has 0 bridgehead atoms. The highest BCUT2D eigenvalue weighted by atomic mass is 35.7. The van der Waals surface area contributed by atoms with Crippen LogP contribution in [0.4, 0.5) is 0 Å². The van der Waals surface area contributed by atoms with E-state index in [1.54, 1.807) is 6.92 Å². The number of methoxy groups -OCH3 is 1. The minimum Gasteiger partial charge on any atom is -0.457 e. The fourth-order valence-corrected chi connectivity index (χ4v) is 2.62. The summed E-state index contributed by atoms with van der Waals surface area (Å²) >= 11 is 11.6. The molecule has 9 heteroatoms. The van der Waals surface area contributed by atoms with Gasteiger partial charge in [-0.1, -0.05) is 23.2 Å². The average molecular weight is 362 g/mol. The molecule has 0 aliphatic carbocycles. The van der Waals surface area contributed by atoms with Gasteiger partial charge in [0, 0.05) is 17.8 Å². The Balaban J connectivity index is 3.17. The molecule has 1 aromatic rings. The van der Waals surface area contributed by atoms with Crippen LogP contribution in [-0.4, -0.2) is 34.2 Å². The van der Waals surface area contributed by atoms with Gasteiger partial charge in [0.05, 0.1) is 27.1 Å². The summed E-state index contributed by atoms with van der Waals surface area (Å²) in [6, 6.07) is 2.07. The van der Waals surface area contributed by atoms with Crippen molar-refractivity contribution in [3.63, 3.8) is 0 Å². The third-order valence-electron chi connectivity index (χ3n) is 2.21. The highest BCUT2D eigenvalue weighted by Gasteiger charge is 2.22. The van der Waals surface area contributed by atoms with Gasteiger partial charge in [-0.3, -0.25) is 0 Å². The fraction of sp³-hybridized carbons (Fsp3) is 0.364. The van der Waals surface area contributed by atoms with E-state index in [0.29, 0.717) is 0 Å².